The van der Waals surface area contributed by atoms with Gasteiger partial charge in [-0.15, -0.1) is 0 Å². The van der Waals surface area contributed by atoms with Crippen molar-refractivity contribution in [2.75, 3.05) is 24.4 Å². The number of rotatable bonds is 6. The van der Waals surface area contributed by atoms with Crippen molar-refractivity contribution in [3.63, 3.8) is 0 Å². The predicted molar refractivity (Wildman–Crippen MR) is 116 cm³/mol. The van der Waals surface area contributed by atoms with Gasteiger partial charge in [-0.1, -0.05) is 36.4 Å². The van der Waals surface area contributed by atoms with Crippen molar-refractivity contribution in [2.45, 2.75) is 18.7 Å². The van der Waals surface area contributed by atoms with Gasteiger partial charge in [-0.3, -0.25) is 0 Å². The van der Waals surface area contributed by atoms with Crippen LogP contribution in [0, 0.1) is 0 Å². The highest BCUT2D eigenvalue weighted by Gasteiger charge is 2.62. The lowest BCUT2D eigenvalue weighted by molar-refractivity contribution is -0.267. The number of methoxy groups -OCH3 is 1. The maximum absolute atomic E-state index is 13.6. The van der Waals surface area contributed by atoms with Gasteiger partial charge in [0.2, 0.25) is 0 Å². The average molecular weight is 462 g/mol. The molecule has 3 rings (SSSR count). The number of carbonyl (C=O) groups is 2. The summed E-state index contributed by atoms with van der Waals surface area (Å²) < 4.78 is 50.3. The van der Waals surface area contributed by atoms with Gasteiger partial charge in [0.1, 0.15) is 5.75 Å². The van der Waals surface area contributed by atoms with Crippen molar-refractivity contribution in [1.82, 2.24) is 0 Å². The van der Waals surface area contributed by atoms with Crippen molar-refractivity contribution in [3.05, 3.63) is 66.2 Å². The van der Waals surface area contributed by atoms with Crippen molar-refractivity contribution >= 4 is 34.1 Å². The molecule has 0 saturated carbocycles. The molecule has 2 amide bonds. The third-order valence-electron chi connectivity index (χ3n) is 4.86. The molecular weight excluding hydrogens is 441 g/mol. The third-order valence-corrected chi connectivity index (χ3v) is 4.86. The van der Waals surface area contributed by atoms with Crippen LogP contribution in [0.2, 0.25) is 0 Å². The second-order valence-electron chi connectivity index (χ2n) is 6.98. The number of carbonyl (C=O) groups excluding carboxylic acids is 2. The number of aliphatic hydroxyl groups is 1. The number of hydrogen-bond acceptors (Lipinski definition) is 5. The van der Waals surface area contributed by atoms with Crippen LogP contribution in [0.25, 0.3) is 10.8 Å². The van der Waals surface area contributed by atoms with Gasteiger partial charge in [-0.25, -0.2) is 9.59 Å². The van der Waals surface area contributed by atoms with Gasteiger partial charge in [0.05, 0.1) is 19.4 Å². The molecule has 0 aliphatic rings. The Morgan fingerprint density at radius 2 is 1.67 bits per heavy atom. The van der Waals surface area contributed by atoms with E-state index in [1.165, 1.54) is 14.0 Å². The van der Waals surface area contributed by atoms with Crippen LogP contribution in [-0.2, 0) is 15.1 Å². The number of alkyl halides is 3. The molecule has 0 unspecified atom stereocenters. The Balaban J connectivity index is 1.85. The quantitative estimate of drug-likeness (QED) is 0.457. The fourth-order valence-electron chi connectivity index (χ4n) is 3.20. The zero-order valence-corrected chi connectivity index (χ0v) is 17.7. The van der Waals surface area contributed by atoms with Gasteiger partial charge in [-0.05, 0) is 42.0 Å². The number of esters is 1. The Hall–Kier alpha value is -3.79. The molecule has 1 atom stereocenters. The average Bonchev–Trinajstić information content (AvgIpc) is 2.78. The number of ether oxygens (including phenoxy) is 2. The van der Waals surface area contributed by atoms with Crippen LogP contribution in [0.1, 0.15) is 12.5 Å². The lowest BCUT2D eigenvalue weighted by Crippen LogP contribution is -2.50. The van der Waals surface area contributed by atoms with Gasteiger partial charge < -0.3 is 25.2 Å². The van der Waals surface area contributed by atoms with E-state index in [9.17, 15) is 27.9 Å². The van der Waals surface area contributed by atoms with Gasteiger partial charge >= 0.3 is 18.2 Å². The minimum absolute atomic E-state index is 0.0212. The first kappa shape index (κ1) is 23.9. The molecule has 33 heavy (non-hydrogen) atoms. The summed E-state index contributed by atoms with van der Waals surface area (Å²) in [4.78, 5) is 24.4. The predicted octanol–water partition coefficient (Wildman–Crippen LogP) is 4.81. The van der Waals surface area contributed by atoms with Crippen LogP contribution in [0.15, 0.2) is 60.7 Å². The highest BCUT2D eigenvalue weighted by Crippen LogP contribution is 2.42. The summed E-state index contributed by atoms with van der Waals surface area (Å²) >= 11 is 0. The fourth-order valence-corrected chi connectivity index (χ4v) is 3.20. The van der Waals surface area contributed by atoms with Crippen LogP contribution in [0.5, 0.6) is 5.75 Å². The third kappa shape index (κ3) is 4.85. The molecule has 0 saturated heterocycles. The summed E-state index contributed by atoms with van der Waals surface area (Å²) in [5, 5.41) is 17.2. The highest BCUT2D eigenvalue weighted by molar-refractivity contribution is 6.02. The van der Waals surface area contributed by atoms with Crippen molar-refractivity contribution in [3.8, 4) is 5.75 Å². The van der Waals surface area contributed by atoms with E-state index in [2.05, 4.69) is 15.4 Å². The minimum atomic E-state index is -5.35. The smallest absolute Gasteiger partial charge is 0.432 e. The zero-order valence-electron chi connectivity index (χ0n) is 17.7. The summed E-state index contributed by atoms with van der Waals surface area (Å²) in [5.41, 5.74) is -4.20. The van der Waals surface area contributed by atoms with Crippen LogP contribution < -0.4 is 15.4 Å². The summed E-state index contributed by atoms with van der Waals surface area (Å²) in [5.74, 6) is -2.07. The number of urea groups is 1. The van der Waals surface area contributed by atoms with Crippen molar-refractivity contribution in [1.29, 1.82) is 0 Å². The van der Waals surface area contributed by atoms with Gasteiger partial charge in [0.25, 0.3) is 5.60 Å². The maximum Gasteiger partial charge on any atom is 0.432 e. The van der Waals surface area contributed by atoms with Crippen LogP contribution in [0.3, 0.4) is 0 Å². The van der Waals surface area contributed by atoms with E-state index < -0.39 is 29.3 Å². The Bertz CT molecular complexity index is 1180. The topological polar surface area (TPSA) is 96.9 Å². The van der Waals surface area contributed by atoms with E-state index in [0.717, 1.165) is 29.0 Å². The second-order valence-corrected chi connectivity index (χ2v) is 6.98. The maximum atomic E-state index is 13.6. The number of fused-ring (bicyclic) bond motifs is 1. The first-order valence-electron chi connectivity index (χ1n) is 9.81. The molecule has 0 aromatic heterocycles. The van der Waals surface area contributed by atoms with E-state index in [1.54, 1.807) is 12.1 Å². The number of halogens is 3. The summed E-state index contributed by atoms with van der Waals surface area (Å²) in [7, 11) is 1.17. The monoisotopic (exact) mass is 462 g/mol. The first-order valence-corrected chi connectivity index (χ1v) is 9.81. The van der Waals surface area contributed by atoms with E-state index in [0.29, 0.717) is 5.69 Å². The second kappa shape index (κ2) is 9.37. The molecule has 0 radical (unpaired) electrons. The SMILES string of the molecule is CCOC(=O)[C@](O)(c1ccc(NC(=O)Nc2ccc3ccccc3c2)c(OC)c1)C(F)(F)F. The molecule has 0 heterocycles. The van der Waals surface area contributed by atoms with E-state index >= 15 is 0 Å². The molecule has 174 valence electrons. The molecule has 3 aromatic rings. The lowest BCUT2D eigenvalue weighted by atomic mass is 9.92. The van der Waals surface area contributed by atoms with E-state index in [4.69, 9.17) is 4.74 Å². The van der Waals surface area contributed by atoms with Crippen molar-refractivity contribution < 1.29 is 37.3 Å². The molecule has 3 N–H and O–H groups in total. The van der Waals surface area contributed by atoms with Gasteiger partial charge in [-0.2, -0.15) is 13.2 Å². The minimum Gasteiger partial charge on any atom is -0.495 e. The zero-order chi connectivity index (χ0) is 24.2. The number of hydrogen-bond donors (Lipinski definition) is 3. The Morgan fingerprint density at radius 1 is 0.970 bits per heavy atom. The lowest BCUT2D eigenvalue weighted by Gasteiger charge is -2.29. The standard InChI is InChI=1S/C23H21F3N2O5/c1-3-33-20(29)22(31,23(24,25)26)16-9-11-18(19(13-16)32-2)28-21(30)27-17-10-8-14-6-4-5-7-15(14)12-17/h4-13,31H,3H2,1-2H3,(H2,27,28,30)/t22-/m1/s1. The Labute approximate surface area is 187 Å². The fraction of sp³-hybridized carbons (Fsp3) is 0.217. The largest absolute Gasteiger partial charge is 0.495 e. The first-order chi connectivity index (χ1) is 15.6. The number of nitrogens with one attached hydrogen (secondary N) is 2. The molecular formula is C23H21F3N2O5. The van der Waals surface area contributed by atoms with E-state index in [1.807, 2.05) is 30.3 Å². The summed E-state index contributed by atoms with van der Waals surface area (Å²) in [6, 6.07) is 14.9. The number of anilines is 2. The highest BCUT2D eigenvalue weighted by atomic mass is 19.4. The molecule has 0 fully saturated rings. The molecule has 10 heteroatoms. The Kier molecular flexibility index (Phi) is 6.78. The molecule has 3 aromatic carbocycles. The molecule has 0 bridgehead atoms. The van der Waals surface area contributed by atoms with Gasteiger partial charge in [0, 0.05) is 11.3 Å². The Morgan fingerprint density at radius 3 is 2.30 bits per heavy atom. The normalized spacial score (nSPS) is 13.2. The van der Waals surface area contributed by atoms with E-state index in [-0.39, 0.29) is 18.0 Å². The molecule has 0 aliphatic carbocycles. The van der Waals surface area contributed by atoms with Crippen LogP contribution in [0.4, 0.5) is 29.3 Å². The number of benzene rings is 3. The van der Waals surface area contributed by atoms with Gasteiger partial charge in [0.15, 0.2) is 0 Å². The summed E-state index contributed by atoms with van der Waals surface area (Å²) in [6.07, 6.45) is -5.35. The molecule has 0 spiro atoms. The molecule has 7 nitrogen and oxygen atoms in total. The van der Waals surface area contributed by atoms with Crippen molar-refractivity contribution in [2.24, 2.45) is 0 Å². The van der Waals surface area contributed by atoms with Crippen LogP contribution in [-0.4, -0.2) is 37.0 Å². The van der Waals surface area contributed by atoms with Crippen LogP contribution >= 0.6 is 0 Å². The number of amides is 2. The molecule has 0 aliphatic heterocycles. The summed E-state index contributed by atoms with van der Waals surface area (Å²) in [6.45, 7) is 0.958.